The van der Waals surface area contributed by atoms with Crippen molar-refractivity contribution in [3.8, 4) is 0 Å². The van der Waals surface area contributed by atoms with Gasteiger partial charge >= 0.3 is 0 Å². The van der Waals surface area contributed by atoms with Crippen molar-refractivity contribution >= 4 is 35.1 Å². The van der Waals surface area contributed by atoms with Gasteiger partial charge in [0.2, 0.25) is 0 Å². The fourth-order valence-corrected chi connectivity index (χ4v) is 1.81. The van der Waals surface area contributed by atoms with Crippen LogP contribution in [0.15, 0.2) is 0 Å². The topological polar surface area (TPSA) is 32.8 Å². The Morgan fingerprint density at radius 2 is 2.31 bits per heavy atom. The number of carbonyl (C=O) groups excluding carboxylic acids is 1. The molecule has 0 bridgehead atoms. The molecule has 1 unspecified atom stereocenters. The molecule has 0 aromatic rings. The Kier molecular flexibility index (Phi) is 6.25. The van der Waals surface area contributed by atoms with Crippen molar-refractivity contribution in [1.29, 1.82) is 0 Å². The summed E-state index contributed by atoms with van der Waals surface area (Å²) in [5.41, 5.74) is 0. The number of hydrogen-bond donors (Lipinski definition) is 0. The van der Waals surface area contributed by atoms with E-state index < -0.39 is 0 Å². The second-order valence-electron chi connectivity index (χ2n) is 2.91. The SMILES string of the molecule is CON(C)C(=O)[C@@H]1CCCN1P.[Ga]. The first-order valence-corrected chi connectivity index (χ1v) is 4.51. The normalized spacial score (nSPS) is 22.5. The second-order valence-corrected chi connectivity index (χ2v) is 3.58. The summed E-state index contributed by atoms with van der Waals surface area (Å²) in [7, 11) is 5.71. The number of amides is 1. The maximum absolute atomic E-state index is 11.5. The largest absolute Gasteiger partial charge is 0.275 e. The molecule has 1 fully saturated rings. The summed E-state index contributed by atoms with van der Waals surface area (Å²) in [6.45, 7) is 0.971. The first kappa shape index (κ1) is 13.5. The van der Waals surface area contributed by atoms with Crippen LogP contribution in [0.1, 0.15) is 12.8 Å². The molecule has 1 aliphatic rings. The number of nitrogens with zero attached hydrogens (tertiary/aromatic N) is 2. The van der Waals surface area contributed by atoms with Crippen molar-refractivity contribution < 1.29 is 9.63 Å². The zero-order chi connectivity index (χ0) is 9.14. The van der Waals surface area contributed by atoms with Gasteiger partial charge in [-0.25, -0.2) is 5.06 Å². The van der Waals surface area contributed by atoms with Crippen molar-refractivity contribution in [2.24, 2.45) is 0 Å². The van der Waals surface area contributed by atoms with Crippen molar-refractivity contribution in [3.05, 3.63) is 0 Å². The summed E-state index contributed by atoms with van der Waals surface area (Å²) in [6, 6.07) is -0.0139. The molecule has 0 N–H and O–H groups in total. The van der Waals surface area contributed by atoms with Gasteiger partial charge in [0.1, 0.15) is 0 Å². The molecule has 1 aliphatic heterocycles. The fourth-order valence-electron chi connectivity index (χ4n) is 1.35. The monoisotopic (exact) mass is 259 g/mol. The van der Waals surface area contributed by atoms with Crippen LogP contribution < -0.4 is 0 Å². The Morgan fingerprint density at radius 3 is 2.69 bits per heavy atom. The van der Waals surface area contributed by atoms with E-state index in [-0.39, 0.29) is 31.7 Å². The summed E-state index contributed by atoms with van der Waals surface area (Å²) < 4.78 is 1.98. The van der Waals surface area contributed by atoms with Crippen LogP contribution in [0.4, 0.5) is 0 Å². The van der Waals surface area contributed by atoms with E-state index in [2.05, 4.69) is 9.39 Å². The molecule has 6 heteroatoms. The number of likely N-dealkylation sites (N-methyl/N-ethyl adjacent to an activating group) is 1. The Labute approximate surface area is 94.2 Å². The Hall–Kier alpha value is 0.456. The first-order valence-electron chi connectivity index (χ1n) is 4.00. The molecule has 13 heavy (non-hydrogen) atoms. The molecule has 0 aliphatic carbocycles. The number of rotatable bonds is 2. The van der Waals surface area contributed by atoms with Crippen LogP contribution in [0.3, 0.4) is 0 Å². The van der Waals surface area contributed by atoms with Gasteiger partial charge in [0, 0.05) is 33.4 Å². The summed E-state index contributed by atoms with van der Waals surface area (Å²) in [4.78, 5) is 16.4. The van der Waals surface area contributed by atoms with E-state index >= 15 is 0 Å². The average molecular weight is 260 g/mol. The Balaban J connectivity index is 0.00000144. The molecule has 0 saturated carbocycles. The number of hydrogen-bond acceptors (Lipinski definition) is 3. The molecule has 73 valence electrons. The molecular formula is C7H15GaN2O2P. The predicted molar refractivity (Wildman–Crippen MR) is 55.0 cm³/mol. The number of carbonyl (C=O) groups is 1. The molecule has 1 heterocycles. The quantitative estimate of drug-likeness (QED) is 0.394. The number of hydroxylamine groups is 2. The molecule has 0 aromatic carbocycles. The van der Waals surface area contributed by atoms with Crippen LogP contribution in [0.5, 0.6) is 0 Å². The van der Waals surface area contributed by atoms with Gasteiger partial charge in [-0.3, -0.25) is 14.3 Å². The van der Waals surface area contributed by atoms with Crippen LogP contribution in [0.2, 0.25) is 0 Å². The van der Waals surface area contributed by atoms with E-state index in [0.29, 0.717) is 0 Å². The molecule has 3 radical (unpaired) electrons. The van der Waals surface area contributed by atoms with E-state index in [4.69, 9.17) is 4.84 Å². The van der Waals surface area contributed by atoms with Crippen LogP contribution in [0, 0.1) is 0 Å². The van der Waals surface area contributed by atoms with Crippen LogP contribution >= 0.6 is 9.39 Å². The average Bonchev–Trinajstić information content (AvgIpc) is 2.48. The van der Waals surface area contributed by atoms with Crippen molar-refractivity contribution in [2.75, 3.05) is 20.7 Å². The van der Waals surface area contributed by atoms with Crippen molar-refractivity contribution in [2.45, 2.75) is 18.9 Å². The van der Waals surface area contributed by atoms with Crippen LogP contribution in [0.25, 0.3) is 0 Å². The summed E-state index contributed by atoms with van der Waals surface area (Å²) in [5.74, 6) is 0.0324. The minimum Gasteiger partial charge on any atom is -0.275 e. The second kappa shape index (κ2) is 6.04. The zero-order valence-electron chi connectivity index (χ0n) is 8.06. The fraction of sp³-hybridized carbons (Fsp3) is 0.857. The van der Waals surface area contributed by atoms with Gasteiger partial charge in [-0.05, 0) is 12.8 Å². The zero-order valence-corrected chi connectivity index (χ0v) is 11.6. The van der Waals surface area contributed by atoms with Gasteiger partial charge in [0.25, 0.3) is 5.91 Å². The van der Waals surface area contributed by atoms with E-state index in [0.717, 1.165) is 19.4 Å². The van der Waals surface area contributed by atoms with Crippen molar-refractivity contribution in [1.82, 2.24) is 9.73 Å². The summed E-state index contributed by atoms with van der Waals surface area (Å²) in [6.07, 6.45) is 2.01. The first-order chi connectivity index (χ1) is 5.66. The van der Waals surface area contributed by atoms with Gasteiger partial charge in [-0.15, -0.1) is 0 Å². The third-order valence-electron chi connectivity index (χ3n) is 2.16. The third-order valence-corrected chi connectivity index (χ3v) is 2.78. The van der Waals surface area contributed by atoms with Gasteiger partial charge in [-0.2, -0.15) is 0 Å². The molecular weight excluding hydrogens is 245 g/mol. The minimum absolute atomic E-state index is 0. The molecule has 0 spiro atoms. The predicted octanol–water partition coefficient (Wildman–Crippen LogP) is -0.120. The van der Waals surface area contributed by atoms with Crippen molar-refractivity contribution in [3.63, 3.8) is 0 Å². The molecule has 1 amide bonds. The van der Waals surface area contributed by atoms with Gasteiger partial charge in [0.05, 0.1) is 13.2 Å². The summed E-state index contributed by atoms with van der Waals surface area (Å²) in [5, 5.41) is 1.28. The molecule has 4 nitrogen and oxygen atoms in total. The maximum atomic E-state index is 11.5. The Morgan fingerprint density at radius 1 is 1.69 bits per heavy atom. The maximum Gasteiger partial charge on any atom is 0.263 e. The Bertz CT molecular complexity index is 182. The molecule has 1 saturated heterocycles. The smallest absolute Gasteiger partial charge is 0.263 e. The van der Waals surface area contributed by atoms with E-state index in [1.165, 1.54) is 12.2 Å². The van der Waals surface area contributed by atoms with Crippen LogP contribution in [-0.2, 0) is 9.63 Å². The van der Waals surface area contributed by atoms with Gasteiger partial charge in [-0.1, -0.05) is 9.39 Å². The van der Waals surface area contributed by atoms with Crippen LogP contribution in [-0.4, -0.2) is 62.2 Å². The third kappa shape index (κ3) is 3.25. The van der Waals surface area contributed by atoms with Gasteiger partial charge < -0.3 is 0 Å². The van der Waals surface area contributed by atoms with Gasteiger partial charge in [0.15, 0.2) is 0 Å². The molecule has 0 aromatic heterocycles. The van der Waals surface area contributed by atoms with E-state index in [1.807, 2.05) is 4.67 Å². The molecule has 2 atom stereocenters. The van der Waals surface area contributed by atoms with E-state index in [1.54, 1.807) is 7.05 Å². The minimum atomic E-state index is -0.0139. The standard InChI is InChI=1S/C7H15N2O2P.Ga/c1-8(11-2)7(10)6-4-3-5-9(6)12;/h6H,3-5,12H2,1-2H3;/t6-;/m0./s1. The van der Waals surface area contributed by atoms with E-state index in [9.17, 15) is 4.79 Å². The summed E-state index contributed by atoms with van der Waals surface area (Å²) >= 11 is 0. The molecule has 1 rings (SSSR count).